The summed E-state index contributed by atoms with van der Waals surface area (Å²) in [4.78, 5) is 12.5. The van der Waals surface area contributed by atoms with E-state index >= 15 is 0 Å². The number of fused-ring (bicyclic) bond motifs is 1. The predicted molar refractivity (Wildman–Crippen MR) is 79.2 cm³/mol. The minimum Gasteiger partial charge on any atom is -0.394 e. The van der Waals surface area contributed by atoms with Crippen LogP contribution in [0.3, 0.4) is 0 Å². The quantitative estimate of drug-likeness (QED) is 0.637. The topological polar surface area (TPSA) is 119 Å². The van der Waals surface area contributed by atoms with Crippen molar-refractivity contribution in [2.24, 2.45) is 0 Å². The lowest BCUT2D eigenvalue weighted by Gasteiger charge is -2.34. The van der Waals surface area contributed by atoms with Crippen LogP contribution in [0.4, 0.5) is 5.82 Å². The first-order chi connectivity index (χ1) is 9.99. The third kappa shape index (κ3) is 2.04. The first-order valence-corrected chi connectivity index (χ1v) is 9.79. The van der Waals surface area contributed by atoms with Crippen LogP contribution in [0, 0.1) is 0 Å². The van der Waals surface area contributed by atoms with Gasteiger partial charge in [-0.2, -0.15) is 0 Å². The molecule has 3 atom stereocenters. The monoisotopic (exact) mass is 309 g/mol. The van der Waals surface area contributed by atoms with E-state index in [1.54, 1.807) is 6.33 Å². The maximum absolute atomic E-state index is 10.1. The lowest BCUT2D eigenvalue weighted by atomic mass is 10.2. The van der Waals surface area contributed by atoms with Gasteiger partial charge in [-0.3, -0.25) is 4.57 Å². The van der Waals surface area contributed by atoms with Gasteiger partial charge in [0.05, 0.1) is 27.8 Å². The van der Waals surface area contributed by atoms with Gasteiger partial charge in [0.1, 0.15) is 23.3 Å². The number of ether oxygens (including phenoxy) is 1. The molecule has 0 saturated carbocycles. The number of anilines is 1. The molecule has 2 aromatic heterocycles. The molecule has 1 aliphatic heterocycles. The van der Waals surface area contributed by atoms with Gasteiger partial charge in [0, 0.05) is 6.42 Å². The zero-order valence-electron chi connectivity index (χ0n) is 12.0. The molecule has 114 valence electrons. The van der Waals surface area contributed by atoms with Crippen LogP contribution in [0.25, 0.3) is 11.2 Å². The molecule has 3 rings (SSSR count). The number of nitrogen functional groups attached to an aromatic ring is 1. The van der Waals surface area contributed by atoms with E-state index in [-0.39, 0.29) is 6.61 Å². The fourth-order valence-electron chi connectivity index (χ4n) is 2.91. The summed E-state index contributed by atoms with van der Waals surface area (Å²) in [6, 6.07) is 0. The van der Waals surface area contributed by atoms with Gasteiger partial charge in [0.15, 0.2) is 11.5 Å². The minimum atomic E-state index is -1.44. The summed E-state index contributed by atoms with van der Waals surface area (Å²) in [6.07, 6.45) is 2.14. The molecule has 0 bridgehead atoms. The average Bonchev–Trinajstić information content (AvgIpc) is 3.01. The Morgan fingerprint density at radius 3 is 2.86 bits per heavy atom. The van der Waals surface area contributed by atoms with E-state index in [0.29, 0.717) is 23.4 Å². The molecule has 0 radical (unpaired) electrons. The van der Waals surface area contributed by atoms with Crippen LogP contribution < -0.4 is 5.73 Å². The van der Waals surface area contributed by atoms with E-state index in [1.807, 2.05) is 4.57 Å². The number of nitrogens with zero attached hydrogens (tertiary/aromatic N) is 4. The highest BCUT2D eigenvalue weighted by molar-refractivity contribution is 6.58. The summed E-state index contributed by atoms with van der Waals surface area (Å²) in [5, 5.41) is 18.8. The summed E-state index contributed by atoms with van der Waals surface area (Å²) in [5.74, 6) is 0.316. The molecule has 0 amide bonds. The van der Waals surface area contributed by atoms with E-state index in [0.717, 1.165) is 0 Å². The Labute approximate surface area is 123 Å². The van der Waals surface area contributed by atoms with Crippen molar-refractivity contribution < 1.29 is 14.9 Å². The fraction of sp³-hybridized carbons (Fsp3) is 0.583. The molecular weight excluding hydrogens is 290 g/mol. The zero-order chi connectivity index (χ0) is 15.2. The van der Waals surface area contributed by atoms with Crippen LogP contribution in [-0.2, 0) is 10.1 Å². The van der Waals surface area contributed by atoms with Crippen molar-refractivity contribution in [3.63, 3.8) is 0 Å². The van der Waals surface area contributed by atoms with Crippen LogP contribution in [0.2, 0.25) is 13.1 Å². The van der Waals surface area contributed by atoms with E-state index < -0.39 is 26.4 Å². The van der Waals surface area contributed by atoms with Gasteiger partial charge in [0.2, 0.25) is 0 Å². The van der Waals surface area contributed by atoms with Gasteiger partial charge in [-0.05, 0) is 0 Å². The molecule has 8 nitrogen and oxygen atoms in total. The lowest BCUT2D eigenvalue weighted by Crippen LogP contribution is -2.45. The molecule has 1 saturated heterocycles. The van der Waals surface area contributed by atoms with Gasteiger partial charge in [-0.25, -0.2) is 15.0 Å². The van der Waals surface area contributed by atoms with Crippen molar-refractivity contribution in [2.45, 2.75) is 37.1 Å². The van der Waals surface area contributed by atoms with E-state index in [9.17, 15) is 10.2 Å². The second kappa shape index (κ2) is 5.02. The summed E-state index contributed by atoms with van der Waals surface area (Å²) >= 11 is 0. The standard InChI is InChI=1S/C12H19N5O3Si/c1-21(2)12(3-7(19)8(4-18)20-12)17-6-16-9-10(13)14-5-15-11(9)17/h5-8,18-19,21H,3-4H2,1-2H3,(H2,13,14,15)/t7-,8+,12-/m0/s1. The van der Waals surface area contributed by atoms with Crippen molar-refractivity contribution in [1.82, 2.24) is 19.5 Å². The summed E-state index contributed by atoms with van der Waals surface area (Å²) in [6.45, 7) is 4.04. The normalized spacial score (nSPS) is 29.6. The van der Waals surface area contributed by atoms with Gasteiger partial charge in [-0.1, -0.05) is 13.1 Å². The summed E-state index contributed by atoms with van der Waals surface area (Å²) in [5.41, 5.74) is 6.94. The Kier molecular flexibility index (Phi) is 3.44. The SMILES string of the molecule is C[SiH](C)[C@]1(n2cnc3c(N)ncnc32)C[C@H](O)[C@@H](CO)O1. The number of aliphatic hydroxyl groups is 2. The largest absolute Gasteiger partial charge is 0.394 e. The molecule has 4 N–H and O–H groups in total. The summed E-state index contributed by atoms with van der Waals surface area (Å²) < 4.78 is 7.89. The number of imidazole rings is 1. The maximum Gasteiger partial charge on any atom is 0.167 e. The van der Waals surface area contributed by atoms with Gasteiger partial charge in [0.25, 0.3) is 0 Å². The molecule has 0 spiro atoms. The van der Waals surface area contributed by atoms with Crippen LogP contribution in [0.1, 0.15) is 6.42 Å². The summed E-state index contributed by atoms with van der Waals surface area (Å²) in [7, 11) is -1.44. The second-order valence-electron chi connectivity index (χ2n) is 5.66. The van der Waals surface area contributed by atoms with Crippen molar-refractivity contribution in [1.29, 1.82) is 0 Å². The van der Waals surface area contributed by atoms with Crippen molar-refractivity contribution in [2.75, 3.05) is 12.3 Å². The molecular formula is C12H19N5O3Si. The molecule has 0 aliphatic carbocycles. The number of hydrogen-bond acceptors (Lipinski definition) is 7. The Morgan fingerprint density at radius 2 is 2.24 bits per heavy atom. The number of nitrogens with two attached hydrogens (primary N) is 1. The maximum atomic E-state index is 10.1. The van der Waals surface area contributed by atoms with Crippen molar-refractivity contribution in [3.8, 4) is 0 Å². The van der Waals surface area contributed by atoms with Gasteiger partial charge >= 0.3 is 0 Å². The third-order valence-corrected chi connectivity index (χ3v) is 6.59. The predicted octanol–water partition coefficient (Wildman–Crippen LogP) is -0.771. The lowest BCUT2D eigenvalue weighted by molar-refractivity contribution is -0.0699. The molecule has 1 fully saturated rings. The van der Waals surface area contributed by atoms with E-state index in [1.165, 1.54) is 6.33 Å². The molecule has 3 heterocycles. The van der Waals surface area contributed by atoms with E-state index in [4.69, 9.17) is 10.5 Å². The van der Waals surface area contributed by atoms with Crippen LogP contribution in [0.5, 0.6) is 0 Å². The Balaban J connectivity index is 2.16. The molecule has 0 aromatic carbocycles. The molecule has 9 heteroatoms. The number of aliphatic hydroxyl groups excluding tert-OH is 2. The molecule has 2 aromatic rings. The average molecular weight is 309 g/mol. The number of hydrogen-bond donors (Lipinski definition) is 3. The van der Waals surface area contributed by atoms with Gasteiger partial charge < -0.3 is 20.7 Å². The highest BCUT2D eigenvalue weighted by atomic mass is 28.3. The van der Waals surface area contributed by atoms with E-state index in [2.05, 4.69) is 28.0 Å². The fourth-order valence-corrected chi connectivity index (χ4v) is 4.82. The minimum absolute atomic E-state index is 0.214. The Morgan fingerprint density at radius 1 is 1.48 bits per heavy atom. The second-order valence-corrected chi connectivity index (χ2v) is 8.87. The van der Waals surface area contributed by atoms with Crippen molar-refractivity contribution >= 4 is 25.8 Å². The zero-order valence-corrected chi connectivity index (χ0v) is 13.1. The van der Waals surface area contributed by atoms with Crippen molar-refractivity contribution in [3.05, 3.63) is 12.7 Å². The molecule has 21 heavy (non-hydrogen) atoms. The smallest absolute Gasteiger partial charge is 0.167 e. The highest BCUT2D eigenvalue weighted by Gasteiger charge is 2.50. The first kappa shape index (κ1) is 14.4. The first-order valence-electron chi connectivity index (χ1n) is 6.90. The number of aromatic nitrogens is 4. The number of rotatable bonds is 3. The molecule has 1 aliphatic rings. The van der Waals surface area contributed by atoms with Gasteiger partial charge in [-0.15, -0.1) is 0 Å². The van der Waals surface area contributed by atoms with Crippen LogP contribution >= 0.6 is 0 Å². The highest BCUT2D eigenvalue weighted by Crippen LogP contribution is 2.39. The van der Waals surface area contributed by atoms with Crippen LogP contribution in [-0.4, -0.2) is 57.3 Å². The Bertz CT molecular complexity index is 663. The molecule has 0 unspecified atom stereocenters. The third-order valence-electron chi connectivity index (χ3n) is 4.14. The Hall–Kier alpha value is -1.55. The van der Waals surface area contributed by atoms with Crippen LogP contribution in [0.15, 0.2) is 12.7 Å².